The first-order valence-corrected chi connectivity index (χ1v) is 20.6. The number of alkyl halides is 2. The molecule has 12 heteroatoms. The zero-order valence-corrected chi connectivity index (χ0v) is 32.2. The molecule has 8 aliphatic rings. The van der Waals surface area contributed by atoms with E-state index in [9.17, 15) is 49.8 Å². The molecule has 0 bridgehead atoms. The maximum Gasteiger partial charge on any atom is 0.190 e. The molecule has 0 amide bonds. The van der Waals surface area contributed by atoms with E-state index in [4.69, 9.17) is 0 Å². The third-order valence-electron chi connectivity index (χ3n) is 19.7. The molecule has 6 N–H and O–H groups in total. The molecule has 0 aromatic carbocycles. The highest BCUT2D eigenvalue weighted by atomic mass is 19.1. The van der Waals surface area contributed by atoms with Gasteiger partial charge in [0, 0.05) is 47.3 Å². The fourth-order valence-corrected chi connectivity index (χ4v) is 16.9. The molecule has 5 unspecified atom stereocenters. The number of rotatable bonds is 5. The van der Waals surface area contributed by atoms with Crippen LogP contribution in [0.15, 0.2) is 0 Å². The van der Waals surface area contributed by atoms with Gasteiger partial charge in [0.05, 0.1) is 12.2 Å². The number of carbonyl (C=O) groups excluding carboxylic acids is 4. The molecule has 0 spiro atoms. The number of aliphatic hydroxyl groups excluding tert-OH is 4. The van der Waals surface area contributed by atoms with E-state index in [-0.39, 0.29) is 82.2 Å². The van der Waals surface area contributed by atoms with Crippen molar-refractivity contribution in [3.05, 3.63) is 0 Å². The second-order valence-electron chi connectivity index (χ2n) is 20.5. The minimum absolute atomic E-state index is 0.0207. The number of aliphatic hydroxyl groups is 6. The lowest BCUT2D eigenvalue weighted by Crippen LogP contribution is -2.78. The van der Waals surface area contributed by atoms with Gasteiger partial charge in [-0.2, -0.15) is 0 Å². The summed E-state index contributed by atoms with van der Waals surface area (Å²) in [6.07, 6.45) is -2.04. The van der Waals surface area contributed by atoms with Crippen molar-refractivity contribution in [2.45, 2.75) is 159 Å². The van der Waals surface area contributed by atoms with Crippen LogP contribution in [0.25, 0.3) is 0 Å². The fraction of sp³-hybridized carbons (Fsp3) is 0.905. The predicted octanol–water partition coefficient (Wildman–Crippen LogP) is 3.52. The first-order chi connectivity index (χ1) is 25.1. The van der Waals surface area contributed by atoms with Crippen LogP contribution in [0.3, 0.4) is 0 Å². The van der Waals surface area contributed by atoms with Crippen LogP contribution in [0.2, 0.25) is 0 Å². The van der Waals surface area contributed by atoms with E-state index < -0.39 is 122 Å². The van der Waals surface area contributed by atoms with Crippen LogP contribution in [-0.4, -0.2) is 102 Å². The normalized spacial score (nSPS) is 57.9. The lowest BCUT2D eigenvalue weighted by atomic mass is 9.30. The topological polar surface area (TPSA) is 190 Å². The highest BCUT2D eigenvalue weighted by molar-refractivity contribution is 5.90. The van der Waals surface area contributed by atoms with E-state index in [0.717, 1.165) is 0 Å². The van der Waals surface area contributed by atoms with Gasteiger partial charge in [-0.1, -0.05) is 27.7 Å². The van der Waals surface area contributed by atoms with Crippen LogP contribution in [0.5, 0.6) is 0 Å². The third kappa shape index (κ3) is 4.07. The van der Waals surface area contributed by atoms with Gasteiger partial charge in [0.25, 0.3) is 0 Å². The number of fused-ring (bicyclic) bond motifs is 10. The predicted molar refractivity (Wildman–Crippen MR) is 189 cm³/mol. The fourth-order valence-electron chi connectivity index (χ4n) is 16.9. The Balaban J connectivity index is 1.26. The van der Waals surface area contributed by atoms with Crippen molar-refractivity contribution in [3.8, 4) is 0 Å². The van der Waals surface area contributed by atoms with Crippen molar-refractivity contribution in [1.29, 1.82) is 0 Å². The van der Waals surface area contributed by atoms with Gasteiger partial charge in [0.2, 0.25) is 0 Å². The van der Waals surface area contributed by atoms with Gasteiger partial charge in [0.1, 0.15) is 47.3 Å². The minimum Gasteiger partial charge on any atom is -0.390 e. The number of hydrogen-bond donors (Lipinski definition) is 6. The molecule has 8 aliphatic carbocycles. The molecule has 8 saturated carbocycles. The molecule has 0 heterocycles. The molecule has 0 saturated heterocycles. The molecule has 54 heavy (non-hydrogen) atoms. The summed E-state index contributed by atoms with van der Waals surface area (Å²) >= 11 is 0. The summed E-state index contributed by atoms with van der Waals surface area (Å²) in [6, 6.07) is 0. The number of ketones is 4. The second-order valence-corrected chi connectivity index (χ2v) is 20.5. The lowest BCUT2D eigenvalue weighted by molar-refractivity contribution is -0.321. The first-order valence-electron chi connectivity index (χ1n) is 20.6. The Morgan fingerprint density at radius 2 is 1.17 bits per heavy atom. The highest BCUT2D eigenvalue weighted by Gasteiger charge is 2.83. The Kier molecular flexibility index (Phi) is 8.48. The second kappa shape index (κ2) is 11.7. The largest absolute Gasteiger partial charge is 0.390 e. The van der Waals surface area contributed by atoms with Gasteiger partial charge in [0.15, 0.2) is 11.6 Å². The smallest absolute Gasteiger partial charge is 0.190 e. The summed E-state index contributed by atoms with van der Waals surface area (Å²) in [5, 5.41) is 67.7. The standard InChI is InChI=1S/C42H60F2O10/c1-34-18-30(49)41(43)28(26(34)10-14-39(34,53)32(51)20-45)8-12-38(17-23(47)7-11-36(38,41)3)29-16-24(48)15-22-5-6-27-25-9-13-40(54,33(52)21-46)35(25,2)19-31(50)42(27,44)37(22,29)4/h22,25-31,45-46,49-50,53-54H,5-21H2,1-4H3/t22?,25-,26-,27-,28-,29?,30?,31?,34-,35-,36-,37+,38?,39-,40-,41-,42-/m0/s1. The van der Waals surface area contributed by atoms with Crippen LogP contribution in [0.4, 0.5) is 8.78 Å². The molecule has 0 aromatic heterocycles. The summed E-state index contributed by atoms with van der Waals surface area (Å²) in [6.45, 7) is 5.21. The molecule has 0 aliphatic heterocycles. The molecular formula is C42H60F2O10. The Bertz CT molecular complexity index is 1670. The van der Waals surface area contributed by atoms with Gasteiger partial charge < -0.3 is 30.6 Å². The summed E-state index contributed by atoms with van der Waals surface area (Å²) in [5.74, 6) is -5.83. The Morgan fingerprint density at radius 1 is 0.667 bits per heavy atom. The lowest BCUT2D eigenvalue weighted by Gasteiger charge is -2.75. The van der Waals surface area contributed by atoms with Crippen molar-refractivity contribution in [2.24, 2.45) is 62.6 Å². The highest BCUT2D eigenvalue weighted by Crippen LogP contribution is 2.80. The van der Waals surface area contributed by atoms with Crippen LogP contribution >= 0.6 is 0 Å². The van der Waals surface area contributed by atoms with Crippen LogP contribution in [0, 0.1) is 62.6 Å². The maximum atomic E-state index is 19.2. The summed E-state index contributed by atoms with van der Waals surface area (Å²) < 4.78 is 38.3. The minimum atomic E-state index is -2.33. The van der Waals surface area contributed by atoms with Crippen molar-refractivity contribution < 1.29 is 58.6 Å². The van der Waals surface area contributed by atoms with E-state index in [1.807, 2.05) is 0 Å². The van der Waals surface area contributed by atoms with Crippen molar-refractivity contribution >= 4 is 23.1 Å². The third-order valence-corrected chi connectivity index (χ3v) is 19.7. The molecular weight excluding hydrogens is 702 g/mol. The van der Waals surface area contributed by atoms with Crippen LogP contribution in [-0.2, 0) is 19.2 Å². The Morgan fingerprint density at radius 3 is 1.70 bits per heavy atom. The first kappa shape index (κ1) is 39.1. The zero-order chi connectivity index (χ0) is 39.4. The Labute approximate surface area is 315 Å². The van der Waals surface area contributed by atoms with Gasteiger partial charge in [-0.25, -0.2) is 8.78 Å². The SMILES string of the molecule is C[C@]12C(CC[C@H]3[C@@H]4CC[C@](O)(C(=O)CO)[C@@]4(C)CC(O)[C@@]31F)CC(=O)CC2C12CC[C@H]3[C@@H]4CC[C@](O)(C(=O)CO)[C@@]4(C)CC(O)[C@]3(F)[C@@]1(C)CCC(=O)C2. The molecule has 8 rings (SSSR count). The Hall–Kier alpha value is -1.70. The van der Waals surface area contributed by atoms with E-state index in [1.165, 1.54) is 0 Å². The molecule has 8 fully saturated rings. The summed E-state index contributed by atoms with van der Waals surface area (Å²) in [4.78, 5) is 53.8. The number of carbonyl (C=O) groups is 4. The van der Waals surface area contributed by atoms with Gasteiger partial charge >= 0.3 is 0 Å². The van der Waals surface area contributed by atoms with Crippen molar-refractivity contribution in [2.75, 3.05) is 13.2 Å². The monoisotopic (exact) mass is 762 g/mol. The van der Waals surface area contributed by atoms with E-state index in [1.54, 1.807) is 27.7 Å². The van der Waals surface area contributed by atoms with Crippen LogP contribution < -0.4 is 0 Å². The summed E-state index contributed by atoms with van der Waals surface area (Å²) in [7, 11) is 0. The number of halogens is 2. The van der Waals surface area contributed by atoms with Crippen molar-refractivity contribution in [3.63, 3.8) is 0 Å². The molecule has 0 radical (unpaired) electrons. The van der Waals surface area contributed by atoms with Crippen LogP contribution in [0.1, 0.15) is 124 Å². The average Bonchev–Trinajstić information content (AvgIpc) is 3.54. The molecule has 302 valence electrons. The molecule has 10 nitrogen and oxygen atoms in total. The van der Waals surface area contributed by atoms with E-state index in [0.29, 0.717) is 25.7 Å². The molecule has 0 aromatic rings. The van der Waals surface area contributed by atoms with Crippen molar-refractivity contribution in [1.82, 2.24) is 0 Å². The van der Waals surface area contributed by atoms with Gasteiger partial charge in [-0.3, -0.25) is 19.2 Å². The maximum absolute atomic E-state index is 19.2. The molecule has 17 atom stereocenters. The zero-order valence-electron chi connectivity index (χ0n) is 32.2. The van der Waals surface area contributed by atoms with E-state index >= 15 is 8.78 Å². The number of hydrogen-bond acceptors (Lipinski definition) is 10. The summed E-state index contributed by atoms with van der Waals surface area (Å²) in [5.41, 5.74) is -15.1. The number of Topliss-reactive ketones (excluding diaryl/α,β-unsaturated/α-hetero) is 4. The van der Waals surface area contributed by atoms with E-state index in [2.05, 4.69) is 0 Å². The quantitative estimate of drug-likeness (QED) is 0.242. The average molecular weight is 763 g/mol. The van der Waals surface area contributed by atoms with Gasteiger partial charge in [-0.05, 0) is 112 Å². The van der Waals surface area contributed by atoms with Gasteiger partial charge in [-0.15, -0.1) is 0 Å².